The van der Waals surface area contributed by atoms with E-state index in [-0.39, 0.29) is 22.2 Å². The summed E-state index contributed by atoms with van der Waals surface area (Å²) in [5.74, 6) is -0.227. The number of carbonyl (C=O) groups is 1. The lowest BCUT2D eigenvalue weighted by atomic mass is 9.99. The maximum atomic E-state index is 12.8. The number of hydrogen-bond donors (Lipinski definition) is 0. The molecule has 23 heavy (non-hydrogen) atoms. The van der Waals surface area contributed by atoms with Gasteiger partial charge in [0, 0.05) is 24.4 Å². The van der Waals surface area contributed by atoms with Crippen LogP contribution in [0.25, 0.3) is 0 Å². The molecular formula is C17H15ClN2O3. The molecule has 0 N–H and O–H groups in total. The van der Waals surface area contributed by atoms with Gasteiger partial charge >= 0.3 is 0 Å². The summed E-state index contributed by atoms with van der Waals surface area (Å²) in [4.78, 5) is 24.8. The summed E-state index contributed by atoms with van der Waals surface area (Å²) < 4.78 is 0. The molecule has 0 saturated carbocycles. The summed E-state index contributed by atoms with van der Waals surface area (Å²) >= 11 is 6.09. The maximum absolute atomic E-state index is 12.8. The quantitative estimate of drug-likeness (QED) is 0.613. The highest BCUT2D eigenvalue weighted by atomic mass is 35.5. The summed E-state index contributed by atoms with van der Waals surface area (Å²) in [5, 5.41) is 10.9. The second kappa shape index (κ2) is 6.01. The van der Waals surface area contributed by atoms with Crippen molar-refractivity contribution in [3.05, 3.63) is 68.2 Å². The van der Waals surface area contributed by atoms with Gasteiger partial charge in [0.25, 0.3) is 11.6 Å². The summed E-state index contributed by atoms with van der Waals surface area (Å²) in [6.07, 6.45) is 1.82. The van der Waals surface area contributed by atoms with Crippen molar-refractivity contribution in [1.29, 1.82) is 0 Å². The summed E-state index contributed by atoms with van der Waals surface area (Å²) in [6.45, 7) is 2.64. The van der Waals surface area contributed by atoms with E-state index in [4.69, 9.17) is 11.6 Å². The summed E-state index contributed by atoms with van der Waals surface area (Å²) in [5.41, 5.74) is 3.35. The van der Waals surface area contributed by atoms with Gasteiger partial charge in [-0.1, -0.05) is 29.3 Å². The van der Waals surface area contributed by atoms with E-state index in [2.05, 4.69) is 6.07 Å². The smallest absolute Gasteiger partial charge is 0.270 e. The number of rotatable bonds is 2. The molecule has 0 aromatic heterocycles. The summed E-state index contributed by atoms with van der Waals surface area (Å²) in [6, 6.07) is 9.95. The Morgan fingerprint density at radius 3 is 2.74 bits per heavy atom. The molecule has 0 unspecified atom stereocenters. The van der Waals surface area contributed by atoms with E-state index in [9.17, 15) is 14.9 Å². The molecule has 1 amide bonds. The van der Waals surface area contributed by atoms with E-state index >= 15 is 0 Å². The van der Waals surface area contributed by atoms with Crippen molar-refractivity contribution in [2.45, 2.75) is 19.8 Å². The average molecular weight is 331 g/mol. The molecule has 0 atom stereocenters. The Hall–Kier alpha value is -2.40. The Balaban J connectivity index is 1.98. The topological polar surface area (TPSA) is 63.5 Å². The monoisotopic (exact) mass is 330 g/mol. The highest BCUT2D eigenvalue weighted by Gasteiger charge is 2.25. The Morgan fingerprint density at radius 2 is 2.04 bits per heavy atom. The van der Waals surface area contributed by atoms with Crippen LogP contribution in [-0.4, -0.2) is 17.4 Å². The number of hydrogen-bond acceptors (Lipinski definition) is 3. The average Bonchev–Trinajstić information content (AvgIpc) is 2.53. The second-order valence-corrected chi connectivity index (χ2v) is 6.02. The van der Waals surface area contributed by atoms with Crippen molar-refractivity contribution in [3.63, 3.8) is 0 Å². The number of non-ortho nitro benzene ring substituents is 1. The fraction of sp³-hybridized carbons (Fsp3) is 0.235. The van der Waals surface area contributed by atoms with Crippen LogP contribution >= 0.6 is 11.6 Å². The first-order valence-corrected chi connectivity index (χ1v) is 7.70. The molecule has 0 radical (unpaired) electrons. The number of amides is 1. The molecule has 1 heterocycles. The van der Waals surface area contributed by atoms with Crippen LogP contribution in [0, 0.1) is 17.0 Å². The lowest BCUT2D eigenvalue weighted by Gasteiger charge is -2.30. The number of aryl methyl sites for hydroxylation is 2. The standard InChI is InChI=1S/C17H15ClN2O3/c1-11-4-7-16-12(9-11)3-2-8-19(16)17(21)14-6-5-13(20(22)23)10-15(14)18/h4-7,9-10H,2-3,8H2,1H3. The second-order valence-electron chi connectivity index (χ2n) is 5.61. The van der Waals surface area contributed by atoms with Gasteiger partial charge in [-0.3, -0.25) is 14.9 Å². The molecule has 0 aliphatic carbocycles. The van der Waals surface area contributed by atoms with E-state index in [0.717, 1.165) is 29.7 Å². The number of nitro benzene ring substituents is 1. The van der Waals surface area contributed by atoms with E-state index in [1.54, 1.807) is 4.90 Å². The van der Waals surface area contributed by atoms with Crippen molar-refractivity contribution in [3.8, 4) is 0 Å². The first-order chi connectivity index (χ1) is 11.0. The molecule has 0 bridgehead atoms. The van der Waals surface area contributed by atoms with Crippen LogP contribution in [0.1, 0.15) is 27.9 Å². The molecular weight excluding hydrogens is 316 g/mol. The third kappa shape index (κ3) is 2.92. The van der Waals surface area contributed by atoms with Crippen molar-refractivity contribution in [2.24, 2.45) is 0 Å². The molecule has 0 fully saturated rings. The van der Waals surface area contributed by atoms with E-state index in [1.807, 2.05) is 19.1 Å². The van der Waals surface area contributed by atoms with Crippen LogP contribution in [0.5, 0.6) is 0 Å². The van der Waals surface area contributed by atoms with Gasteiger partial charge in [0.1, 0.15) is 0 Å². The van der Waals surface area contributed by atoms with Crippen molar-refractivity contribution in [2.75, 3.05) is 11.4 Å². The van der Waals surface area contributed by atoms with Crippen LogP contribution in [0.2, 0.25) is 5.02 Å². The number of halogens is 1. The van der Waals surface area contributed by atoms with Gasteiger partial charge in [0.15, 0.2) is 0 Å². The number of benzene rings is 2. The van der Waals surface area contributed by atoms with Crippen molar-refractivity contribution >= 4 is 28.9 Å². The van der Waals surface area contributed by atoms with Gasteiger partial charge in [-0.05, 0) is 37.5 Å². The molecule has 118 valence electrons. The van der Waals surface area contributed by atoms with Crippen LogP contribution in [0.4, 0.5) is 11.4 Å². The first kappa shape index (κ1) is 15.5. The van der Waals surface area contributed by atoms with Crippen molar-refractivity contribution < 1.29 is 9.72 Å². The lowest BCUT2D eigenvalue weighted by molar-refractivity contribution is -0.384. The van der Waals surface area contributed by atoms with Crippen LogP contribution in [0.3, 0.4) is 0 Å². The molecule has 0 saturated heterocycles. The molecule has 1 aliphatic rings. The normalized spacial score (nSPS) is 13.6. The zero-order chi connectivity index (χ0) is 16.6. The minimum atomic E-state index is -0.529. The Morgan fingerprint density at radius 1 is 1.26 bits per heavy atom. The molecule has 5 nitrogen and oxygen atoms in total. The number of carbonyl (C=O) groups excluding carboxylic acids is 1. The largest absolute Gasteiger partial charge is 0.308 e. The first-order valence-electron chi connectivity index (χ1n) is 7.32. The number of anilines is 1. The SMILES string of the molecule is Cc1ccc2c(c1)CCCN2C(=O)c1ccc([N+](=O)[O-])cc1Cl. The molecule has 1 aliphatic heterocycles. The number of nitrogens with zero attached hydrogens (tertiary/aromatic N) is 2. The van der Waals surface area contributed by atoms with Gasteiger partial charge in [-0.25, -0.2) is 0 Å². The van der Waals surface area contributed by atoms with E-state index in [0.29, 0.717) is 6.54 Å². The predicted octanol–water partition coefficient (Wildman–Crippen LogP) is 4.15. The van der Waals surface area contributed by atoms with Crippen LogP contribution in [0.15, 0.2) is 36.4 Å². The van der Waals surface area contributed by atoms with Gasteiger partial charge in [-0.15, -0.1) is 0 Å². The Bertz CT molecular complexity index is 804. The lowest BCUT2D eigenvalue weighted by Crippen LogP contribution is -2.35. The Labute approximate surface area is 138 Å². The van der Waals surface area contributed by atoms with Crippen LogP contribution in [-0.2, 0) is 6.42 Å². The fourth-order valence-corrected chi connectivity index (χ4v) is 3.13. The highest BCUT2D eigenvalue weighted by molar-refractivity contribution is 6.34. The molecule has 0 spiro atoms. The minimum Gasteiger partial charge on any atom is -0.308 e. The molecule has 6 heteroatoms. The fourth-order valence-electron chi connectivity index (χ4n) is 2.87. The van der Waals surface area contributed by atoms with Gasteiger partial charge in [0.05, 0.1) is 15.5 Å². The number of nitro groups is 1. The van der Waals surface area contributed by atoms with E-state index in [1.165, 1.54) is 18.2 Å². The zero-order valence-corrected chi connectivity index (χ0v) is 13.3. The number of fused-ring (bicyclic) bond motifs is 1. The van der Waals surface area contributed by atoms with Gasteiger partial charge in [-0.2, -0.15) is 0 Å². The highest BCUT2D eigenvalue weighted by Crippen LogP contribution is 2.31. The van der Waals surface area contributed by atoms with Crippen molar-refractivity contribution in [1.82, 2.24) is 0 Å². The molecule has 2 aromatic carbocycles. The zero-order valence-electron chi connectivity index (χ0n) is 12.6. The third-order valence-corrected chi connectivity index (χ3v) is 4.31. The molecule has 2 aromatic rings. The minimum absolute atomic E-state index is 0.100. The predicted molar refractivity (Wildman–Crippen MR) is 89.3 cm³/mol. The molecule has 3 rings (SSSR count). The summed E-state index contributed by atoms with van der Waals surface area (Å²) in [7, 11) is 0. The van der Waals surface area contributed by atoms with E-state index < -0.39 is 4.92 Å². The third-order valence-electron chi connectivity index (χ3n) is 3.99. The Kier molecular flexibility index (Phi) is 4.05. The maximum Gasteiger partial charge on any atom is 0.270 e. The van der Waals surface area contributed by atoms with Crippen LogP contribution < -0.4 is 4.90 Å². The van der Waals surface area contributed by atoms with Gasteiger partial charge in [0.2, 0.25) is 0 Å². The van der Waals surface area contributed by atoms with Gasteiger partial charge < -0.3 is 4.90 Å².